The Kier molecular flexibility index (Phi) is 6.29. The first-order valence-corrected chi connectivity index (χ1v) is 9.41. The first kappa shape index (κ1) is 18.2. The number of hydrogen-bond acceptors (Lipinski definition) is 4. The van der Waals surface area contributed by atoms with Gasteiger partial charge in [-0.25, -0.2) is 4.98 Å². The van der Waals surface area contributed by atoms with Gasteiger partial charge in [-0.3, -0.25) is 9.69 Å². The van der Waals surface area contributed by atoms with E-state index in [-0.39, 0.29) is 5.91 Å². The van der Waals surface area contributed by atoms with E-state index in [9.17, 15) is 4.79 Å². The van der Waals surface area contributed by atoms with Crippen molar-refractivity contribution >= 4 is 44.9 Å². The molecule has 25 heavy (non-hydrogen) atoms. The van der Waals surface area contributed by atoms with Gasteiger partial charge in [0.2, 0.25) is 5.91 Å². The first-order valence-electron chi connectivity index (χ1n) is 8.24. The number of carbonyl (C=O) groups is 1. The fraction of sp³-hybridized carbons (Fsp3) is 0.333. The number of benzene rings is 1. The predicted molar refractivity (Wildman–Crippen MR) is 105 cm³/mol. The van der Waals surface area contributed by atoms with Gasteiger partial charge in [0, 0.05) is 55.5 Å². The number of anilines is 2. The number of amides is 1. The topological polar surface area (TPSA) is 48.5 Å². The number of piperazine rings is 1. The van der Waals surface area contributed by atoms with Crippen molar-refractivity contribution in [2.45, 2.75) is 6.42 Å². The number of rotatable bonds is 5. The van der Waals surface area contributed by atoms with E-state index in [0.29, 0.717) is 11.4 Å². The zero-order chi connectivity index (χ0) is 17.6. The van der Waals surface area contributed by atoms with Crippen LogP contribution in [0.2, 0.25) is 5.02 Å². The summed E-state index contributed by atoms with van der Waals surface area (Å²) in [4.78, 5) is 21.0. The molecule has 3 rings (SSSR count). The monoisotopic (exact) mass is 422 g/mol. The van der Waals surface area contributed by atoms with Gasteiger partial charge < -0.3 is 10.2 Å². The highest BCUT2D eigenvalue weighted by Crippen LogP contribution is 2.17. The van der Waals surface area contributed by atoms with Crippen LogP contribution in [0.15, 0.2) is 47.1 Å². The highest BCUT2D eigenvalue weighted by Gasteiger charge is 2.18. The van der Waals surface area contributed by atoms with Crippen LogP contribution in [-0.2, 0) is 4.79 Å². The van der Waals surface area contributed by atoms with Crippen LogP contribution >= 0.6 is 27.5 Å². The van der Waals surface area contributed by atoms with Crippen LogP contribution in [0.3, 0.4) is 0 Å². The molecular weight excluding hydrogens is 404 g/mol. The van der Waals surface area contributed by atoms with Crippen molar-refractivity contribution in [3.8, 4) is 0 Å². The quantitative estimate of drug-likeness (QED) is 0.797. The maximum Gasteiger partial charge on any atom is 0.225 e. The maximum absolute atomic E-state index is 12.1. The lowest BCUT2D eigenvalue weighted by Gasteiger charge is -2.35. The van der Waals surface area contributed by atoms with Crippen LogP contribution in [-0.4, -0.2) is 48.5 Å². The van der Waals surface area contributed by atoms with E-state index in [1.807, 2.05) is 36.4 Å². The third-order valence-electron chi connectivity index (χ3n) is 4.17. The van der Waals surface area contributed by atoms with Gasteiger partial charge >= 0.3 is 0 Å². The molecule has 1 N–H and O–H groups in total. The summed E-state index contributed by atoms with van der Waals surface area (Å²) in [6, 6.07) is 11.4. The van der Waals surface area contributed by atoms with E-state index in [1.54, 1.807) is 6.20 Å². The summed E-state index contributed by atoms with van der Waals surface area (Å²) < 4.78 is 0.956. The smallest absolute Gasteiger partial charge is 0.225 e. The fourth-order valence-electron chi connectivity index (χ4n) is 2.81. The molecule has 0 bridgehead atoms. The van der Waals surface area contributed by atoms with Gasteiger partial charge in [-0.15, -0.1) is 0 Å². The van der Waals surface area contributed by atoms with E-state index >= 15 is 0 Å². The summed E-state index contributed by atoms with van der Waals surface area (Å²) in [5.74, 6) is 0.997. The van der Waals surface area contributed by atoms with E-state index in [1.165, 1.54) is 0 Å². The number of pyridine rings is 1. The standard InChI is InChI=1S/C18H20BrClN4O/c19-14-2-1-3-16(12-14)22-18(25)6-7-23-8-10-24(11-9-23)17-5-4-15(20)13-21-17/h1-5,12-13H,6-11H2,(H,22,25). The third-order valence-corrected chi connectivity index (χ3v) is 4.89. The summed E-state index contributed by atoms with van der Waals surface area (Å²) in [5, 5.41) is 3.59. The second kappa shape index (κ2) is 8.65. The van der Waals surface area contributed by atoms with Crippen LogP contribution in [0.1, 0.15) is 6.42 Å². The summed E-state index contributed by atoms with van der Waals surface area (Å²) in [5.41, 5.74) is 0.818. The molecule has 2 heterocycles. The molecular formula is C18H20BrClN4O. The molecule has 1 aromatic heterocycles. The van der Waals surface area contributed by atoms with Crippen LogP contribution in [0.4, 0.5) is 11.5 Å². The van der Waals surface area contributed by atoms with Crippen molar-refractivity contribution in [3.63, 3.8) is 0 Å². The number of aromatic nitrogens is 1. The second-order valence-corrected chi connectivity index (χ2v) is 7.32. The Balaban J connectivity index is 1.41. The van der Waals surface area contributed by atoms with Gasteiger partial charge in [0.05, 0.1) is 5.02 Å². The molecule has 1 aliphatic rings. The second-order valence-electron chi connectivity index (χ2n) is 5.97. The van der Waals surface area contributed by atoms with Gasteiger partial charge in [0.25, 0.3) is 0 Å². The molecule has 2 aromatic rings. The molecule has 0 spiro atoms. The zero-order valence-electron chi connectivity index (χ0n) is 13.8. The molecule has 7 heteroatoms. The Morgan fingerprint density at radius 3 is 2.68 bits per heavy atom. The molecule has 0 unspecified atom stereocenters. The molecule has 0 atom stereocenters. The first-order chi connectivity index (χ1) is 12.1. The van der Waals surface area contributed by atoms with Crippen LogP contribution in [0.25, 0.3) is 0 Å². The Morgan fingerprint density at radius 1 is 1.20 bits per heavy atom. The average Bonchev–Trinajstić information content (AvgIpc) is 2.61. The minimum atomic E-state index is 0.0416. The number of hydrogen-bond donors (Lipinski definition) is 1. The molecule has 0 aliphatic carbocycles. The van der Waals surface area contributed by atoms with Crippen LogP contribution in [0, 0.1) is 0 Å². The highest BCUT2D eigenvalue weighted by molar-refractivity contribution is 9.10. The lowest BCUT2D eigenvalue weighted by atomic mass is 10.2. The van der Waals surface area contributed by atoms with Gasteiger partial charge in [-0.2, -0.15) is 0 Å². The minimum Gasteiger partial charge on any atom is -0.354 e. The zero-order valence-corrected chi connectivity index (χ0v) is 16.1. The SMILES string of the molecule is O=C(CCN1CCN(c2ccc(Cl)cn2)CC1)Nc1cccc(Br)c1. The van der Waals surface area contributed by atoms with E-state index in [2.05, 4.69) is 36.0 Å². The largest absolute Gasteiger partial charge is 0.354 e. The van der Waals surface area contributed by atoms with Crippen molar-refractivity contribution in [1.82, 2.24) is 9.88 Å². The molecule has 1 aliphatic heterocycles. The van der Waals surface area contributed by atoms with Crippen molar-refractivity contribution in [3.05, 3.63) is 52.1 Å². The van der Waals surface area contributed by atoms with Crippen molar-refractivity contribution < 1.29 is 4.79 Å². The summed E-state index contributed by atoms with van der Waals surface area (Å²) in [6.07, 6.45) is 2.17. The minimum absolute atomic E-state index is 0.0416. The van der Waals surface area contributed by atoms with Crippen molar-refractivity contribution in [1.29, 1.82) is 0 Å². The summed E-state index contributed by atoms with van der Waals surface area (Å²) in [7, 11) is 0. The molecule has 132 valence electrons. The Bertz CT molecular complexity index is 717. The number of halogens is 2. The Morgan fingerprint density at radius 2 is 2.00 bits per heavy atom. The molecule has 0 saturated carbocycles. The normalized spacial score (nSPS) is 15.2. The molecule has 1 aromatic carbocycles. The lowest BCUT2D eigenvalue weighted by Crippen LogP contribution is -2.47. The number of carbonyl (C=O) groups excluding carboxylic acids is 1. The lowest BCUT2D eigenvalue weighted by molar-refractivity contribution is -0.116. The molecule has 0 radical (unpaired) electrons. The van der Waals surface area contributed by atoms with Crippen molar-refractivity contribution in [2.24, 2.45) is 0 Å². The van der Waals surface area contributed by atoms with E-state index in [0.717, 1.165) is 48.7 Å². The number of nitrogens with one attached hydrogen (secondary N) is 1. The number of nitrogens with zero attached hydrogens (tertiary/aromatic N) is 3. The van der Waals surface area contributed by atoms with Gasteiger partial charge in [-0.1, -0.05) is 33.6 Å². The molecule has 5 nitrogen and oxygen atoms in total. The average molecular weight is 424 g/mol. The van der Waals surface area contributed by atoms with Crippen LogP contribution < -0.4 is 10.2 Å². The summed E-state index contributed by atoms with van der Waals surface area (Å²) in [6.45, 7) is 4.43. The maximum atomic E-state index is 12.1. The van der Waals surface area contributed by atoms with Gasteiger partial charge in [0.1, 0.15) is 5.82 Å². The fourth-order valence-corrected chi connectivity index (χ4v) is 3.32. The summed E-state index contributed by atoms with van der Waals surface area (Å²) >= 11 is 9.29. The Labute approximate surface area is 161 Å². The Hall–Kier alpha value is -1.63. The van der Waals surface area contributed by atoms with Gasteiger partial charge in [0.15, 0.2) is 0 Å². The third kappa shape index (κ3) is 5.42. The van der Waals surface area contributed by atoms with Crippen LogP contribution in [0.5, 0.6) is 0 Å². The molecule has 1 saturated heterocycles. The van der Waals surface area contributed by atoms with Crippen molar-refractivity contribution in [2.75, 3.05) is 42.9 Å². The van der Waals surface area contributed by atoms with Gasteiger partial charge in [-0.05, 0) is 30.3 Å². The van der Waals surface area contributed by atoms with E-state index in [4.69, 9.17) is 11.6 Å². The molecule has 1 fully saturated rings. The molecule has 1 amide bonds. The highest BCUT2D eigenvalue weighted by atomic mass is 79.9. The predicted octanol–water partition coefficient (Wildman–Crippen LogP) is 3.65. The van der Waals surface area contributed by atoms with E-state index < -0.39 is 0 Å².